The van der Waals surface area contributed by atoms with Gasteiger partial charge in [0.05, 0.1) is 12.6 Å². The molecule has 0 aromatic carbocycles. The zero-order chi connectivity index (χ0) is 11.1. The number of hydrogen-bond donors (Lipinski definition) is 2. The fourth-order valence-corrected chi connectivity index (χ4v) is 1.92. The highest BCUT2D eigenvalue weighted by molar-refractivity contribution is 5.82. The maximum absolute atomic E-state index is 12.0. The highest BCUT2D eigenvalue weighted by Gasteiger charge is 2.25. The van der Waals surface area contributed by atoms with Crippen molar-refractivity contribution in [3.63, 3.8) is 0 Å². The van der Waals surface area contributed by atoms with Crippen LogP contribution in [0.15, 0.2) is 0 Å². The van der Waals surface area contributed by atoms with Gasteiger partial charge < -0.3 is 15.3 Å². The van der Waals surface area contributed by atoms with Gasteiger partial charge in [-0.1, -0.05) is 13.3 Å². The predicted octanol–water partition coefficient (Wildman–Crippen LogP) is 0.359. The van der Waals surface area contributed by atoms with Gasteiger partial charge in [-0.3, -0.25) is 4.79 Å². The average molecular weight is 214 g/mol. The second-order valence-corrected chi connectivity index (χ2v) is 4.05. The van der Waals surface area contributed by atoms with E-state index in [1.165, 1.54) is 0 Å². The minimum absolute atomic E-state index is 0.00611. The lowest BCUT2D eigenvalue weighted by atomic mass is 10.2. The van der Waals surface area contributed by atoms with Crippen LogP contribution in [-0.2, 0) is 4.79 Å². The second-order valence-electron chi connectivity index (χ2n) is 4.05. The molecule has 0 bridgehead atoms. The summed E-state index contributed by atoms with van der Waals surface area (Å²) < 4.78 is 0. The van der Waals surface area contributed by atoms with Crippen LogP contribution in [0.2, 0.25) is 0 Å². The van der Waals surface area contributed by atoms with Crippen LogP contribution < -0.4 is 5.32 Å². The van der Waals surface area contributed by atoms with E-state index in [1.54, 1.807) is 4.90 Å². The zero-order valence-electron chi connectivity index (χ0n) is 9.54. The molecule has 0 aliphatic carbocycles. The van der Waals surface area contributed by atoms with E-state index in [4.69, 9.17) is 5.11 Å². The monoisotopic (exact) mass is 214 g/mol. The number of carbonyl (C=O) groups excluding carboxylic acids is 1. The Bertz CT molecular complexity index is 191. The predicted molar refractivity (Wildman–Crippen MR) is 59.6 cm³/mol. The Morgan fingerprint density at radius 1 is 1.53 bits per heavy atom. The molecule has 4 heteroatoms. The van der Waals surface area contributed by atoms with Crippen LogP contribution in [0.3, 0.4) is 0 Å². The second kappa shape index (κ2) is 6.80. The molecule has 1 saturated heterocycles. The van der Waals surface area contributed by atoms with Gasteiger partial charge in [-0.05, 0) is 25.8 Å². The quantitative estimate of drug-likeness (QED) is 0.671. The maximum atomic E-state index is 12.0. The van der Waals surface area contributed by atoms with Crippen LogP contribution in [-0.4, -0.2) is 48.2 Å². The molecule has 1 amide bonds. The molecule has 1 aliphatic heterocycles. The van der Waals surface area contributed by atoms with E-state index in [2.05, 4.69) is 12.2 Å². The van der Waals surface area contributed by atoms with Crippen molar-refractivity contribution in [3.8, 4) is 0 Å². The van der Waals surface area contributed by atoms with Crippen LogP contribution >= 0.6 is 0 Å². The molecule has 2 N–H and O–H groups in total. The van der Waals surface area contributed by atoms with E-state index in [9.17, 15) is 4.79 Å². The van der Waals surface area contributed by atoms with Gasteiger partial charge in [-0.2, -0.15) is 0 Å². The molecule has 0 radical (unpaired) electrons. The molecule has 88 valence electrons. The lowest BCUT2D eigenvalue weighted by molar-refractivity contribution is -0.133. The van der Waals surface area contributed by atoms with Gasteiger partial charge in [0, 0.05) is 13.1 Å². The summed E-state index contributed by atoms with van der Waals surface area (Å²) in [6.07, 6.45) is 4.11. The molecule has 0 saturated carbocycles. The maximum Gasteiger partial charge on any atom is 0.239 e. The van der Waals surface area contributed by atoms with Crippen molar-refractivity contribution in [2.75, 3.05) is 26.2 Å². The smallest absolute Gasteiger partial charge is 0.239 e. The van der Waals surface area contributed by atoms with Crippen LogP contribution in [0.1, 0.15) is 32.6 Å². The van der Waals surface area contributed by atoms with E-state index in [0.717, 1.165) is 38.8 Å². The summed E-state index contributed by atoms with van der Waals surface area (Å²) in [4.78, 5) is 13.8. The van der Waals surface area contributed by atoms with E-state index in [-0.39, 0.29) is 18.6 Å². The number of amides is 1. The van der Waals surface area contributed by atoms with Crippen molar-refractivity contribution in [2.24, 2.45) is 0 Å². The first-order valence-electron chi connectivity index (χ1n) is 5.92. The van der Waals surface area contributed by atoms with Crippen LogP contribution in [0.4, 0.5) is 0 Å². The van der Waals surface area contributed by atoms with Crippen LogP contribution in [0.25, 0.3) is 0 Å². The van der Waals surface area contributed by atoms with Crippen molar-refractivity contribution in [1.82, 2.24) is 10.2 Å². The molecule has 0 spiro atoms. The van der Waals surface area contributed by atoms with E-state index >= 15 is 0 Å². The molecule has 1 heterocycles. The van der Waals surface area contributed by atoms with E-state index in [1.807, 2.05) is 0 Å². The number of nitrogens with one attached hydrogen (secondary N) is 1. The molecule has 1 rings (SSSR count). The number of carbonyl (C=O) groups is 1. The Morgan fingerprint density at radius 3 is 2.87 bits per heavy atom. The van der Waals surface area contributed by atoms with Crippen molar-refractivity contribution in [1.29, 1.82) is 0 Å². The van der Waals surface area contributed by atoms with Gasteiger partial charge in [0.15, 0.2) is 0 Å². The first kappa shape index (κ1) is 12.5. The summed E-state index contributed by atoms with van der Waals surface area (Å²) in [7, 11) is 0. The fourth-order valence-electron chi connectivity index (χ4n) is 1.92. The summed E-state index contributed by atoms with van der Waals surface area (Å²) in [5, 5.41) is 12.1. The summed E-state index contributed by atoms with van der Waals surface area (Å²) >= 11 is 0. The first-order chi connectivity index (χ1) is 7.29. The lowest BCUT2D eigenvalue weighted by Gasteiger charge is -2.24. The first-order valence-corrected chi connectivity index (χ1v) is 5.92. The highest BCUT2D eigenvalue weighted by Crippen LogP contribution is 2.09. The lowest BCUT2D eigenvalue weighted by Crippen LogP contribution is -2.45. The molecule has 0 aromatic rings. The summed E-state index contributed by atoms with van der Waals surface area (Å²) in [6.45, 7) is 4.35. The molecule has 0 unspecified atom stereocenters. The summed E-state index contributed by atoms with van der Waals surface area (Å²) in [6, 6.07) is -0.00611. The number of unbranched alkanes of at least 4 members (excludes halogenated alkanes) is 1. The normalized spacial score (nSPS) is 20.5. The zero-order valence-corrected chi connectivity index (χ0v) is 9.54. The fraction of sp³-hybridized carbons (Fsp3) is 0.909. The van der Waals surface area contributed by atoms with Gasteiger partial charge in [0.1, 0.15) is 0 Å². The third-order valence-electron chi connectivity index (χ3n) is 2.82. The van der Waals surface area contributed by atoms with Gasteiger partial charge in [-0.15, -0.1) is 0 Å². The summed E-state index contributed by atoms with van der Waals surface area (Å²) in [5.41, 5.74) is 0. The molecule has 1 aliphatic rings. The molecule has 15 heavy (non-hydrogen) atoms. The number of hydrogen-bond acceptors (Lipinski definition) is 3. The minimum Gasteiger partial charge on any atom is -0.395 e. The number of nitrogens with zero attached hydrogens (tertiary/aromatic N) is 1. The minimum atomic E-state index is -0.00611. The number of rotatable bonds is 6. The Kier molecular flexibility index (Phi) is 5.65. The van der Waals surface area contributed by atoms with Gasteiger partial charge in [-0.25, -0.2) is 0 Å². The molecular weight excluding hydrogens is 192 g/mol. The summed E-state index contributed by atoms with van der Waals surface area (Å²) in [5.74, 6) is 0.162. The molecule has 4 nitrogen and oxygen atoms in total. The molecule has 1 atom stereocenters. The van der Waals surface area contributed by atoms with Crippen molar-refractivity contribution in [2.45, 2.75) is 38.6 Å². The average Bonchev–Trinajstić information content (AvgIpc) is 2.76. The highest BCUT2D eigenvalue weighted by atomic mass is 16.3. The largest absolute Gasteiger partial charge is 0.395 e. The van der Waals surface area contributed by atoms with Crippen molar-refractivity contribution in [3.05, 3.63) is 0 Å². The SMILES string of the molecule is CCCCN(CCO)C(=O)[C@H]1CCCN1. The van der Waals surface area contributed by atoms with Crippen molar-refractivity contribution >= 4 is 5.91 Å². The van der Waals surface area contributed by atoms with Crippen LogP contribution in [0.5, 0.6) is 0 Å². The Morgan fingerprint density at radius 2 is 2.33 bits per heavy atom. The molecule has 0 aromatic heterocycles. The third kappa shape index (κ3) is 3.80. The van der Waals surface area contributed by atoms with Gasteiger partial charge in [0.25, 0.3) is 0 Å². The molecule has 1 fully saturated rings. The number of aliphatic hydroxyl groups excluding tert-OH is 1. The third-order valence-corrected chi connectivity index (χ3v) is 2.82. The van der Waals surface area contributed by atoms with E-state index in [0.29, 0.717) is 6.54 Å². The standard InChI is InChI=1S/C11H22N2O2/c1-2-3-7-13(8-9-14)11(15)10-5-4-6-12-10/h10,12,14H,2-9H2,1H3/t10-/m1/s1. The Hall–Kier alpha value is -0.610. The van der Waals surface area contributed by atoms with Gasteiger partial charge in [0.2, 0.25) is 5.91 Å². The molecular formula is C11H22N2O2. The topological polar surface area (TPSA) is 52.6 Å². The Labute approximate surface area is 91.6 Å². The Balaban J connectivity index is 2.41. The van der Waals surface area contributed by atoms with Gasteiger partial charge >= 0.3 is 0 Å². The van der Waals surface area contributed by atoms with Crippen molar-refractivity contribution < 1.29 is 9.90 Å². The van der Waals surface area contributed by atoms with E-state index < -0.39 is 0 Å². The van der Waals surface area contributed by atoms with Crippen LogP contribution in [0, 0.1) is 0 Å². The number of aliphatic hydroxyl groups is 1.